The van der Waals surface area contributed by atoms with Crippen LogP contribution in [0.3, 0.4) is 0 Å². The van der Waals surface area contributed by atoms with Crippen molar-refractivity contribution in [1.29, 1.82) is 0 Å². The number of phenolic OH excluding ortho intramolecular Hbond substituents is 1. The number of benzene rings is 2. The number of hydrogen-bond acceptors (Lipinski definition) is 4. The molecule has 0 saturated carbocycles. The van der Waals surface area contributed by atoms with Gasteiger partial charge in [-0.15, -0.1) is 10.2 Å². The maximum Gasteiger partial charge on any atom is 0.148 e. The minimum Gasteiger partial charge on any atom is -0.508 e. The van der Waals surface area contributed by atoms with E-state index in [4.69, 9.17) is 0 Å². The highest BCUT2D eigenvalue weighted by molar-refractivity contribution is 7.17. The molecular weight excluding hydrogens is 316 g/mol. The summed E-state index contributed by atoms with van der Waals surface area (Å²) in [5.41, 5.74) is 3.47. The number of phenols is 1. The van der Waals surface area contributed by atoms with Crippen molar-refractivity contribution in [3.63, 3.8) is 0 Å². The van der Waals surface area contributed by atoms with Gasteiger partial charge in [0, 0.05) is 11.1 Å². The Morgan fingerprint density at radius 2 is 1.38 bits per heavy atom. The van der Waals surface area contributed by atoms with Crippen molar-refractivity contribution in [3.8, 4) is 26.9 Å². The summed E-state index contributed by atoms with van der Waals surface area (Å²) < 4.78 is 0. The van der Waals surface area contributed by atoms with Crippen molar-refractivity contribution >= 4 is 11.3 Å². The van der Waals surface area contributed by atoms with E-state index in [0.717, 1.165) is 27.6 Å². The Morgan fingerprint density at radius 1 is 0.792 bits per heavy atom. The number of aromatic nitrogens is 2. The smallest absolute Gasteiger partial charge is 0.148 e. The molecule has 0 radical (unpaired) electrons. The van der Waals surface area contributed by atoms with Crippen molar-refractivity contribution < 1.29 is 5.11 Å². The summed E-state index contributed by atoms with van der Waals surface area (Å²) in [5.74, 6) is 0.262. The Balaban J connectivity index is 1.67. The first-order chi connectivity index (χ1) is 11.8. The molecule has 1 aromatic heterocycles. The lowest BCUT2D eigenvalue weighted by molar-refractivity contribution is 0.475. The maximum atomic E-state index is 9.37. The average Bonchev–Trinajstić information content (AvgIpc) is 3.10. The first-order valence-electron chi connectivity index (χ1n) is 8.48. The fourth-order valence-electron chi connectivity index (χ4n) is 2.63. The first-order valence-corrected chi connectivity index (χ1v) is 9.30. The monoisotopic (exact) mass is 338 g/mol. The molecule has 1 N–H and O–H groups in total. The summed E-state index contributed by atoms with van der Waals surface area (Å²) in [6.07, 6.45) is 6.32. The molecule has 24 heavy (non-hydrogen) atoms. The quantitative estimate of drug-likeness (QED) is 0.562. The van der Waals surface area contributed by atoms with Crippen LogP contribution in [-0.2, 0) is 6.42 Å². The molecule has 1 heterocycles. The number of nitrogens with zero attached hydrogens (tertiary/aromatic N) is 2. The van der Waals surface area contributed by atoms with E-state index < -0.39 is 0 Å². The highest BCUT2D eigenvalue weighted by atomic mass is 32.1. The Labute approximate surface area is 147 Å². The largest absolute Gasteiger partial charge is 0.508 e. The van der Waals surface area contributed by atoms with Gasteiger partial charge < -0.3 is 5.11 Å². The molecule has 0 aliphatic heterocycles. The SMILES string of the molecule is CCCCCCc1ccc(-c2nnc(-c3ccc(O)cc3)s2)cc1. The van der Waals surface area contributed by atoms with E-state index in [1.807, 2.05) is 12.1 Å². The highest BCUT2D eigenvalue weighted by Gasteiger charge is 2.08. The summed E-state index contributed by atoms with van der Waals surface area (Å²) in [5, 5.41) is 19.7. The molecule has 4 heteroatoms. The molecule has 0 unspecified atom stereocenters. The summed E-state index contributed by atoms with van der Waals surface area (Å²) in [7, 11) is 0. The van der Waals surface area contributed by atoms with Crippen LogP contribution in [0.25, 0.3) is 21.1 Å². The molecule has 3 aromatic rings. The van der Waals surface area contributed by atoms with Gasteiger partial charge in [-0.3, -0.25) is 0 Å². The normalized spacial score (nSPS) is 10.9. The van der Waals surface area contributed by atoms with Crippen LogP contribution >= 0.6 is 11.3 Å². The van der Waals surface area contributed by atoms with Crippen LogP contribution in [0.2, 0.25) is 0 Å². The topological polar surface area (TPSA) is 46.0 Å². The van der Waals surface area contributed by atoms with Gasteiger partial charge in [0.15, 0.2) is 0 Å². The van der Waals surface area contributed by atoms with Gasteiger partial charge in [0.25, 0.3) is 0 Å². The summed E-state index contributed by atoms with van der Waals surface area (Å²) in [4.78, 5) is 0. The molecule has 0 bridgehead atoms. The van der Waals surface area contributed by atoms with Crippen molar-refractivity contribution in [1.82, 2.24) is 10.2 Å². The third kappa shape index (κ3) is 4.20. The van der Waals surface area contributed by atoms with Gasteiger partial charge in [0.05, 0.1) is 0 Å². The number of hydrogen-bond donors (Lipinski definition) is 1. The zero-order chi connectivity index (χ0) is 16.8. The van der Waals surface area contributed by atoms with E-state index in [-0.39, 0.29) is 5.75 Å². The number of unbranched alkanes of at least 4 members (excludes halogenated alkanes) is 3. The predicted octanol–water partition coefficient (Wildman–Crippen LogP) is 5.70. The van der Waals surface area contributed by atoms with Gasteiger partial charge in [-0.25, -0.2) is 0 Å². The van der Waals surface area contributed by atoms with Gasteiger partial charge in [0.1, 0.15) is 15.8 Å². The van der Waals surface area contributed by atoms with Crippen LogP contribution < -0.4 is 0 Å². The fourth-order valence-corrected chi connectivity index (χ4v) is 3.48. The standard InChI is InChI=1S/C20H22N2OS/c1-2-3-4-5-6-15-7-9-16(10-8-15)19-21-22-20(24-19)17-11-13-18(23)14-12-17/h7-14,23H,2-6H2,1H3. The van der Waals surface area contributed by atoms with Gasteiger partial charge in [-0.05, 0) is 42.7 Å². The Bertz CT molecular complexity index is 763. The molecule has 0 spiro atoms. The molecule has 0 amide bonds. The molecule has 0 aliphatic rings. The second-order valence-electron chi connectivity index (χ2n) is 5.97. The van der Waals surface area contributed by atoms with E-state index in [2.05, 4.69) is 41.4 Å². The van der Waals surface area contributed by atoms with Crippen LogP contribution in [0.15, 0.2) is 48.5 Å². The average molecular weight is 338 g/mol. The van der Waals surface area contributed by atoms with Crippen LogP contribution in [0.5, 0.6) is 5.75 Å². The van der Waals surface area contributed by atoms with Crippen molar-refractivity contribution in [2.75, 3.05) is 0 Å². The Hall–Kier alpha value is -2.20. The molecule has 124 valence electrons. The van der Waals surface area contributed by atoms with Crippen LogP contribution in [-0.4, -0.2) is 15.3 Å². The third-order valence-corrected chi connectivity index (χ3v) is 5.08. The zero-order valence-electron chi connectivity index (χ0n) is 13.9. The molecule has 3 rings (SSSR count). The van der Waals surface area contributed by atoms with Crippen LogP contribution in [0, 0.1) is 0 Å². The summed E-state index contributed by atoms with van der Waals surface area (Å²) >= 11 is 1.57. The predicted molar refractivity (Wildman–Crippen MR) is 100 cm³/mol. The lowest BCUT2D eigenvalue weighted by Gasteiger charge is -2.02. The molecule has 0 saturated heterocycles. The number of aryl methyl sites for hydroxylation is 1. The third-order valence-electron chi connectivity index (χ3n) is 4.06. The lowest BCUT2D eigenvalue weighted by Crippen LogP contribution is -1.86. The second kappa shape index (κ2) is 8.06. The fraction of sp³-hybridized carbons (Fsp3) is 0.300. The molecule has 3 nitrogen and oxygen atoms in total. The minimum absolute atomic E-state index is 0.262. The minimum atomic E-state index is 0.262. The van der Waals surface area contributed by atoms with E-state index in [9.17, 15) is 5.11 Å². The number of rotatable bonds is 7. The molecule has 0 aliphatic carbocycles. The first kappa shape index (κ1) is 16.7. The molecular formula is C20H22N2OS. The molecule has 2 aromatic carbocycles. The van der Waals surface area contributed by atoms with Crippen molar-refractivity contribution in [3.05, 3.63) is 54.1 Å². The number of aromatic hydroxyl groups is 1. The van der Waals surface area contributed by atoms with Gasteiger partial charge in [-0.2, -0.15) is 0 Å². The van der Waals surface area contributed by atoms with Gasteiger partial charge >= 0.3 is 0 Å². The Kier molecular flexibility index (Phi) is 5.59. The van der Waals surface area contributed by atoms with Crippen LogP contribution in [0.1, 0.15) is 38.2 Å². The summed E-state index contributed by atoms with van der Waals surface area (Å²) in [6, 6.07) is 15.7. The highest BCUT2D eigenvalue weighted by Crippen LogP contribution is 2.30. The van der Waals surface area contributed by atoms with E-state index in [1.165, 1.54) is 31.2 Å². The second-order valence-corrected chi connectivity index (χ2v) is 6.94. The van der Waals surface area contributed by atoms with Gasteiger partial charge in [-0.1, -0.05) is 61.8 Å². The van der Waals surface area contributed by atoms with Gasteiger partial charge in [0.2, 0.25) is 0 Å². The molecule has 0 fully saturated rings. The van der Waals surface area contributed by atoms with Crippen LogP contribution in [0.4, 0.5) is 0 Å². The maximum absolute atomic E-state index is 9.37. The summed E-state index contributed by atoms with van der Waals surface area (Å²) in [6.45, 7) is 2.24. The van der Waals surface area contributed by atoms with E-state index >= 15 is 0 Å². The van der Waals surface area contributed by atoms with E-state index in [0.29, 0.717) is 0 Å². The van der Waals surface area contributed by atoms with Crippen molar-refractivity contribution in [2.45, 2.75) is 39.0 Å². The Morgan fingerprint density at radius 3 is 1.96 bits per heavy atom. The van der Waals surface area contributed by atoms with Crippen molar-refractivity contribution in [2.24, 2.45) is 0 Å². The molecule has 0 atom stereocenters. The lowest BCUT2D eigenvalue weighted by atomic mass is 10.0. The zero-order valence-corrected chi connectivity index (χ0v) is 14.7. The van der Waals surface area contributed by atoms with E-state index in [1.54, 1.807) is 23.5 Å².